The minimum Gasteiger partial charge on any atom is -0.465 e. The van der Waals surface area contributed by atoms with E-state index in [4.69, 9.17) is 23.0 Å². The Morgan fingerprint density at radius 2 is 1.06 bits per heavy atom. The highest BCUT2D eigenvalue weighted by Crippen LogP contribution is 2.35. The number of benzene rings is 5. The van der Waals surface area contributed by atoms with Crippen LogP contribution < -0.4 is 11.3 Å². The fourth-order valence-corrected chi connectivity index (χ4v) is 5.92. The predicted molar refractivity (Wildman–Crippen MR) is 210 cm³/mol. The van der Waals surface area contributed by atoms with Gasteiger partial charge in [0, 0.05) is 22.9 Å². The highest BCUT2D eigenvalue weighted by atomic mass is 16.5. The molecule has 0 bridgehead atoms. The second kappa shape index (κ2) is 16.0. The zero-order chi connectivity index (χ0) is 38.5. The Bertz CT molecular complexity index is 2710. The number of carbonyl (C=O) groups is 3. The van der Waals surface area contributed by atoms with Crippen molar-refractivity contribution in [3.8, 4) is 0 Å². The first-order valence-corrected chi connectivity index (χ1v) is 17.4. The van der Waals surface area contributed by atoms with Gasteiger partial charge in [0.05, 0.1) is 36.7 Å². The van der Waals surface area contributed by atoms with Crippen molar-refractivity contribution in [2.45, 2.75) is 27.7 Å². The van der Waals surface area contributed by atoms with Crippen molar-refractivity contribution < 1.29 is 37.4 Å². The van der Waals surface area contributed by atoms with Crippen LogP contribution in [-0.4, -0.2) is 38.2 Å². The Labute approximate surface area is 309 Å². The summed E-state index contributed by atoms with van der Waals surface area (Å²) in [5.41, 5.74) is 0.148. The number of ether oxygens (including phenoxy) is 3. The van der Waals surface area contributed by atoms with Crippen LogP contribution in [0.1, 0.15) is 49.2 Å². The molecule has 0 fully saturated rings. The molecular weight excluding hydrogens is 688 g/mol. The number of hydrogen-bond donors (Lipinski definition) is 0. The molecule has 0 saturated heterocycles. The molecule has 0 unspecified atom stereocenters. The van der Waals surface area contributed by atoms with Gasteiger partial charge in [-0.25, -0.2) is 24.0 Å². The number of rotatable bonds is 9. The molecule has 54 heavy (non-hydrogen) atoms. The lowest BCUT2D eigenvalue weighted by Crippen LogP contribution is -2.07. The molecule has 10 nitrogen and oxygen atoms in total. The molecule has 0 spiro atoms. The molecule has 10 heteroatoms. The second-order valence-electron chi connectivity index (χ2n) is 13.6. The lowest BCUT2D eigenvalue weighted by atomic mass is 9.96. The van der Waals surface area contributed by atoms with E-state index < -0.39 is 29.2 Å². The van der Waals surface area contributed by atoms with Gasteiger partial charge >= 0.3 is 29.2 Å². The molecule has 0 amide bonds. The monoisotopic (exact) mass is 726 g/mol. The van der Waals surface area contributed by atoms with Gasteiger partial charge < -0.3 is 23.0 Å². The fourth-order valence-electron chi connectivity index (χ4n) is 5.92. The lowest BCUT2D eigenvalue weighted by Gasteiger charge is -2.09. The molecule has 0 aliphatic rings. The van der Waals surface area contributed by atoms with Gasteiger partial charge in [0.1, 0.15) is 11.2 Å². The molecule has 0 aliphatic carbocycles. The van der Waals surface area contributed by atoms with Gasteiger partial charge in [0.15, 0.2) is 0 Å². The van der Waals surface area contributed by atoms with Crippen LogP contribution in [0.4, 0.5) is 0 Å². The number of methoxy groups -OCH3 is 1. The maximum atomic E-state index is 13.9. The molecule has 0 saturated carbocycles. The smallest absolute Gasteiger partial charge is 0.344 e. The van der Waals surface area contributed by atoms with Crippen LogP contribution in [0.25, 0.3) is 66.4 Å². The van der Waals surface area contributed by atoms with Crippen LogP contribution in [0.3, 0.4) is 0 Å². The average molecular weight is 727 g/mol. The van der Waals surface area contributed by atoms with Crippen LogP contribution in [0.5, 0.6) is 0 Å². The fraction of sp³-hybridized carbons (Fsp3) is 0.205. The van der Waals surface area contributed by atoms with Crippen LogP contribution >= 0.6 is 0 Å². The summed E-state index contributed by atoms with van der Waals surface area (Å²) in [6.07, 6.45) is 6.05. The van der Waals surface area contributed by atoms with E-state index in [1.807, 2.05) is 64.1 Å². The SMILES string of the molecule is COC(=O)c1ccc2c(=O)oc3ccc4cc(/C=C\C(=O)OCC(C)C)ccc4c3c3c(ccc4cc(C=CC(=O)OCC(C)C)ccc43)oc(=O)c2c1. The summed E-state index contributed by atoms with van der Waals surface area (Å²) in [5, 5.41) is 3.49. The number of hydrogen-bond acceptors (Lipinski definition) is 10. The van der Waals surface area contributed by atoms with E-state index in [1.54, 1.807) is 36.4 Å². The third kappa shape index (κ3) is 8.23. The molecule has 6 rings (SSSR count). The largest absolute Gasteiger partial charge is 0.465 e. The molecule has 1 aromatic heterocycles. The molecule has 0 radical (unpaired) electrons. The van der Waals surface area contributed by atoms with Crippen molar-refractivity contribution >= 4 is 84.3 Å². The second-order valence-corrected chi connectivity index (χ2v) is 13.6. The normalized spacial score (nSPS) is 11.8. The summed E-state index contributed by atoms with van der Waals surface area (Å²) in [7, 11) is 1.21. The Morgan fingerprint density at radius 1 is 0.593 bits per heavy atom. The van der Waals surface area contributed by atoms with Crippen molar-refractivity contribution in [1.82, 2.24) is 0 Å². The Morgan fingerprint density at radius 3 is 1.52 bits per heavy atom. The van der Waals surface area contributed by atoms with Crippen LogP contribution in [0.15, 0.2) is 109 Å². The zero-order valence-corrected chi connectivity index (χ0v) is 30.5. The Hall–Kier alpha value is -6.55. The third-order valence-electron chi connectivity index (χ3n) is 8.49. The average Bonchev–Trinajstić information content (AvgIpc) is 3.16. The highest BCUT2D eigenvalue weighted by Gasteiger charge is 2.15. The first kappa shape index (κ1) is 37.2. The van der Waals surface area contributed by atoms with E-state index in [9.17, 15) is 24.0 Å². The van der Waals surface area contributed by atoms with Gasteiger partial charge in [-0.15, -0.1) is 0 Å². The molecule has 5 aromatic carbocycles. The van der Waals surface area contributed by atoms with E-state index in [0.29, 0.717) is 34.8 Å². The van der Waals surface area contributed by atoms with Crippen LogP contribution in [0.2, 0.25) is 0 Å². The topological polar surface area (TPSA) is 139 Å². The zero-order valence-electron chi connectivity index (χ0n) is 30.5. The standard InChI is InChI=1S/C44H38O10/c1-25(2)23-51-38(45)18-8-27-6-13-32-29(20-27)11-16-36-40(32)41-33-14-7-28(9-19-39(46)52-24-26(3)4)21-30(33)12-17-37(41)54-44(49)35-22-31(42(47)50-5)10-15-34(35)43(48)53-36/h6-22,25-26H,23-24H2,1-5H3/b18-8-,19-9?. The summed E-state index contributed by atoms with van der Waals surface area (Å²) < 4.78 is 27.5. The molecular formula is C44H38O10. The van der Waals surface area contributed by atoms with Crippen molar-refractivity contribution in [2.75, 3.05) is 20.3 Å². The summed E-state index contributed by atoms with van der Waals surface area (Å²) in [5.74, 6) is -1.20. The summed E-state index contributed by atoms with van der Waals surface area (Å²) >= 11 is 0. The maximum Gasteiger partial charge on any atom is 0.344 e. The minimum atomic E-state index is -0.881. The van der Waals surface area contributed by atoms with Crippen molar-refractivity contribution in [1.29, 1.82) is 0 Å². The summed E-state index contributed by atoms with van der Waals surface area (Å²) in [6.45, 7) is 8.44. The molecule has 0 atom stereocenters. The highest BCUT2D eigenvalue weighted by molar-refractivity contribution is 6.24. The lowest BCUT2D eigenvalue weighted by molar-refractivity contribution is -0.139. The Kier molecular flexibility index (Phi) is 11.0. The van der Waals surface area contributed by atoms with Crippen LogP contribution in [0, 0.1) is 11.8 Å². The van der Waals surface area contributed by atoms with Crippen molar-refractivity contribution in [3.63, 3.8) is 0 Å². The van der Waals surface area contributed by atoms with E-state index in [2.05, 4.69) is 0 Å². The van der Waals surface area contributed by atoms with Crippen molar-refractivity contribution in [2.24, 2.45) is 11.8 Å². The first-order chi connectivity index (χ1) is 25.9. The predicted octanol–water partition coefficient (Wildman–Crippen LogP) is 8.69. The molecule has 6 aromatic rings. The van der Waals surface area contributed by atoms with Gasteiger partial charge in [-0.2, -0.15) is 0 Å². The summed E-state index contributed by atoms with van der Waals surface area (Å²) in [6, 6.07) is 21.9. The van der Waals surface area contributed by atoms with Gasteiger partial charge in [0.2, 0.25) is 0 Å². The summed E-state index contributed by atoms with van der Waals surface area (Å²) in [4.78, 5) is 64.6. The van der Waals surface area contributed by atoms with E-state index in [0.717, 1.165) is 21.9 Å². The quantitative estimate of drug-likeness (QED) is 0.0808. The first-order valence-electron chi connectivity index (χ1n) is 17.4. The molecule has 274 valence electrons. The number of carbonyl (C=O) groups excluding carboxylic acids is 3. The molecule has 0 N–H and O–H groups in total. The Balaban J connectivity index is 1.65. The maximum absolute atomic E-state index is 13.9. The van der Waals surface area contributed by atoms with Crippen LogP contribution in [-0.2, 0) is 23.8 Å². The third-order valence-corrected chi connectivity index (χ3v) is 8.49. The van der Waals surface area contributed by atoms with E-state index >= 15 is 0 Å². The number of esters is 3. The van der Waals surface area contributed by atoms with Crippen molar-refractivity contribution in [3.05, 3.63) is 129 Å². The van der Waals surface area contributed by atoms with E-state index in [-0.39, 0.29) is 39.3 Å². The minimum absolute atomic E-state index is 0.0508. The van der Waals surface area contributed by atoms with Gasteiger partial charge in [-0.3, -0.25) is 0 Å². The molecule has 1 heterocycles. The number of fused-ring (bicyclic) bond motifs is 8. The van der Waals surface area contributed by atoms with Gasteiger partial charge in [0.25, 0.3) is 0 Å². The molecule has 0 aliphatic heterocycles. The van der Waals surface area contributed by atoms with Gasteiger partial charge in [-0.05, 0) is 99.1 Å². The van der Waals surface area contributed by atoms with Gasteiger partial charge in [-0.1, -0.05) is 64.1 Å². The van der Waals surface area contributed by atoms with E-state index in [1.165, 1.54) is 37.5 Å².